The fraction of sp³-hybridized carbons (Fsp3) is 0.400. The molecule has 9 nitrogen and oxygen atoms in total. The van der Waals surface area contributed by atoms with Crippen molar-refractivity contribution in [2.75, 3.05) is 7.11 Å². The summed E-state index contributed by atoms with van der Waals surface area (Å²) < 4.78 is 35.8. The molecule has 0 aliphatic heterocycles. The van der Waals surface area contributed by atoms with Gasteiger partial charge in [0.1, 0.15) is 5.49 Å². The van der Waals surface area contributed by atoms with Crippen molar-refractivity contribution >= 4 is 21.5 Å². The summed E-state index contributed by atoms with van der Waals surface area (Å²) in [6.45, 7) is 3.42. The number of pyridine rings is 1. The Kier molecular flexibility index (Phi) is 6.18. The maximum atomic E-state index is 12.9. The normalized spacial score (nSPS) is 20.4. The molecule has 3 rings (SSSR count). The van der Waals surface area contributed by atoms with E-state index >= 15 is 0 Å². The van der Waals surface area contributed by atoms with Gasteiger partial charge in [-0.25, -0.2) is 0 Å². The van der Waals surface area contributed by atoms with Crippen LogP contribution in [0.3, 0.4) is 0 Å². The Bertz CT molecular complexity index is 1130. The lowest BCUT2D eigenvalue weighted by atomic mass is 9.77. The van der Waals surface area contributed by atoms with E-state index in [1.807, 2.05) is 6.92 Å². The average molecular weight is 433 g/mol. The number of Topliss-reactive ketones (excluding diaryl/α,β-unsaturated/α-hetero) is 1. The van der Waals surface area contributed by atoms with Gasteiger partial charge in [0.15, 0.2) is 5.78 Å². The number of methoxy groups -OCH3 is 1. The van der Waals surface area contributed by atoms with Gasteiger partial charge in [-0.2, -0.15) is 8.42 Å². The highest BCUT2D eigenvalue weighted by Gasteiger charge is 2.37. The van der Waals surface area contributed by atoms with Crippen LogP contribution in [0.1, 0.15) is 31.4 Å². The highest BCUT2D eigenvalue weighted by Crippen LogP contribution is 2.33. The average Bonchev–Trinajstić information content (AvgIpc) is 2.66. The number of carbonyl (C=O) groups is 1. The molecule has 1 aromatic heterocycles. The van der Waals surface area contributed by atoms with Gasteiger partial charge in [-0.15, -0.1) is 4.40 Å². The van der Waals surface area contributed by atoms with Gasteiger partial charge in [0.05, 0.1) is 28.2 Å². The van der Waals surface area contributed by atoms with Gasteiger partial charge in [-0.05, 0) is 44.9 Å². The van der Waals surface area contributed by atoms with Gasteiger partial charge < -0.3 is 9.30 Å². The molecule has 1 aliphatic rings. The van der Waals surface area contributed by atoms with E-state index in [9.17, 15) is 23.3 Å². The third kappa shape index (κ3) is 4.49. The molecule has 10 heteroatoms. The summed E-state index contributed by atoms with van der Waals surface area (Å²) in [6, 6.07) is 7.78. The van der Waals surface area contributed by atoms with Gasteiger partial charge in [-0.3, -0.25) is 14.9 Å². The van der Waals surface area contributed by atoms with Crippen molar-refractivity contribution in [3.05, 3.63) is 63.8 Å². The van der Waals surface area contributed by atoms with Crippen molar-refractivity contribution in [3.63, 3.8) is 0 Å². The van der Waals surface area contributed by atoms with Crippen molar-refractivity contribution in [1.82, 2.24) is 4.57 Å². The minimum atomic E-state index is -4.07. The number of sulfonamides is 1. The van der Waals surface area contributed by atoms with E-state index in [-0.39, 0.29) is 33.9 Å². The molecule has 2 aromatic rings. The molecule has 0 bridgehead atoms. The summed E-state index contributed by atoms with van der Waals surface area (Å²) in [7, 11) is -2.49. The summed E-state index contributed by atoms with van der Waals surface area (Å²) in [5.74, 6) is -0.378. The van der Waals surface area contributed by atoms with E-state index in [4.69, 9.17) is 4.74 Å². The first-order chi connectivity index (χ1) is 14.1. The van der Waals surface area contributed by atoms with Crippen LogP contribution in [0.4, 0.5) is 5.69 Å². The lowest BCUT2D eigenvalue weighted by Gasteiger charge is -2.34. The van der Waals surface area contributed by atoms with Gasteiger partial charge in [-0.1, -0.05) is 17.7 Å². The fourth-order valence-electron chi connectivity index (χ4n) is 3.35. The Morgan fingerprint density at radius 3 is 2.43 bits per heavy atom. The number of aromatic nitrogens is 1. The molecule has 0 spiro atoms. The number of nitro groups is 1. The van der Waals surface area contributed by atoms with Gasteiger partial charge >= 0.3 is 0 Å². The van der Waals surface area contributed by atoms with Crippen LogP contribution in [-0.4, -0.2) is 36.9 Å². The minimum absolute atomic E-state index is 0.00101. The molecule has 1 heterocycles. The minimum Gasteiger partial charge on any atom is -0.381 e. The van der Waals surface area contributed by atoms with E-state index in [1.165, 1.54) is 28.8 Å². The molecule has 1 aliphatic carbocycles. The second kappa shape index (κ2) is 8.49. The molecule has 1 fully saturated rings. The monoisotopic (exact) mass is 433 g/mol. The number of ketones is 1. The molecule has 1 atom stereocenters. The van der Waals surface area contributed by atoms with E-state index < -0.39 is 21.0 Å². The second-order valence-corrected chi connectivity index (χ2v) is 9.00. The zero-order valence-corrected chi connectivity index (χ0v) is 17.7. The standard InChI is InChI=1S/C20H23N3O6S/c1-13-4-7-18(8-5-13)30(27,28)21-19-9-6-16(23(25)26)12-22(19)14(2)20(24)15-10-17(11-15)29-3/h4-9,12,14-15,17H,10-11H2,1-3H3/b21-19+. The van der Waals surface area contributed by atoms with Gasteiger partial charge in [0.25, 0.3) is 15.7 Å². The number of nitrogens with zero attached hydrogens (tertiary/aromatic N) is 3. The SMILES string of the molecule is COC1CC(C(=O)C(C)n2cc([N+](=O)[O-])cc/c2=N\S(=O)(=O)c2ccc(C)cc2)C1. The third-order valence-corrected chi connectivity index (χ3v) is 6.64. The summed E-state index contributed by atoms with van der Waals surface area (Å²) in [6.07, 6.45) is 2.32. The van der Waals surface area contributed by atoms with E-state index in [0.717, 1.165) is 11.8 Å². The number of rotatable bonds is 7. The Morgan fingerprint density at radius 1 is 1.23 bits per heavy atom. The number of benzene rings is 1. The molecule has 30 heavy (non-hydrogen) atoms. The number of hydrogen-bond acceptors (Lipinski definition) is 6. The predicted molar refractivity (Wildman–Crippen MR) is 108 cm³/mol. The van der Waals surface area contributed by atoms with Crippen molar-refractivity contribution < 1.29 is 22.9 Å². The highest BCUT2D eigenvalue weighted by atomic mass is 32.2. The van der Waals surface area contributed by atoms with E-state index in [2.05, 4.69) is 4.40 Å². The maximum absolute atomic E-state index is 12.9. The van der Waals surface area contributed by atoms with Crippen LogP contribution in [0, 0.1) is 23.0 Å². The van der Waals surface area contributed by atoms with Crippen LogP contribution in [-0.2, 0) is 19.6 Å². The van der Waals surface area contributed by atoms with Crippen LogP contribution in [0.2, 0.25) is 0 Å². The van der Waals surface area contributed by atoms with Crippen LogP contribution in [0.15, 0.2) is 51.9 Å². The number of carbonyl (C=O) groups excluding carboxylic acids is 1. The van der Waals surface area contributed by atoms with Crippen molar-refractivity contribution in [2.45, 2.75) is 43.7 Å². The number of hydrogen-bond donors (Lipinski definition) is 0. The van der Waals surface area contributed by atoms with E-state index in [0.29, 0.717) is 12.8 Å². The van der Waals surface area contributed by atoms with Crippen molar-refractivity contribution in [3.8, 4) is 0 Å². The molecule has 160 valence electrons. The summed E-state index contributed by atoms with van der Waals surface area (Å²) in [5, 5.41) is 11.2. The molecule has 1 saturated carbocycles. The molecule has 1 aromatic carbocycles. The van der Waals surface area contributed by atoms with Crippen LogP contribution in [0.5, 0.6) is 0 Å². The highest BCUT2D eigenvalue weighted by molar-refractivity contribution is 7.90. The van der Waals surface area contributed by atoms with Gasteiger partial charge in [0.2, 0.25) is 0 Å². The third-order valence-electron chi connectivity index (χ3n) is 5.34. The summed E-state index contributed by atoms with van der Waals surface area (Å²) in [4.78, 5) is 23.5. The van der Waals surface area contributed by atoms with Crippen molar-refractivity contribution in [1.29, 1.82) is 0 Å². The second-order valence-electron chi connectivity index (χ2n) is 7.39. The zero-order valence-electron chi connectivity index (χ0n) is 16.9. The largest absolute Gasteiger partial charge is 0.381 e. The molecule has 1 unspecified atom stereocenters. The smallest absolute Gasteiger partial charge is 0.285 e. The summed E-state index contributed by atoms with van der Waals surface area (Å²) in [5.41, 5.74) is 0.586. The number of aryl methyl sites for hydroxylation is 1. The first kappa shape index (κ1) is 21.8. The molecule has 0 saturated heterocycles. The molecule has 0 N–H and O–H groups in total. The lowest BCUT2D eigenvalue weighted by Crippen LogP contribution is -2.40. The van der Waals surface area contributed by atoms with Gasteiger partial charge in [0, 0.05) is 19.1 Å². The first-order valence-electron chi connectivity index (χ1n) is 9.43. The Balaban J connectivity index is 2.04. The molecular weight excluding hydrogens is 410 g/mol. The quantitative estimate of drug-likeness (QED) is 0.489. The van der Waals surface area contributed by atoms with E-state index in [1.54, 1.807) is 26.2 Å². The summed E-state index contributed by atoms with van der Waals surface area (Å²) >= 11 is 0. The Hall–Kier alpha value is -2.85. The lowest BCUT2D eigenvalue weighted by molar-refractivity contribution is -0.385. The topological polar surface area (TPSA) is 121 Å². The predicted octanol–water partition coefficient (Wildman–Crippen LogP) is 2.55. The molecule has 0 radical (unpaired) electrons. The Morgan fingerprint density at radius 2 is 1.87 bits per heavy atom. The Labute approximate surface area is 174 Å². The maximum Gasteiger partial charge on any atom is 0.285 e. The molecule has 0 amide bonds. The first-order valence-corrected chi connectivity index (χ1v) is 10.9. The number of ether oxygens (including phenoxy) is 1. The fourth-order valence-corrected chi connectivity index (χ4v) is 4.33. The van der Waals surface area contributed by atoms with Crippen LogP contribution in [0.25, 0.3) is 0 Å². The zero-order chi connectivity index (χ0) is 22.1. The molecular formula is C20H23N3O6S. The van der Waals surface area contributed by atoms with Crippen LogP contribution < -0.4 is 5.49 Å². The van der Waals surface area contributed by atoms with Crippen molar-refractivity contribution in [2.24, 2.45) is 10.3 Å². The van der Waals surface area contributed by atoms with Crippen LogP contribution >= 0.6 is 0 Å².